The van der Waals surface area contributed by atoms with Crippen LogP contribution in [0.5, 0.6) is 0 Å². The van der Waals surface area contributed by atoms with E-state index in [-0.39, 0.29) is 21.0 Å². The highest BCUT2D eigenvalue weighted by Gasteiger charge is 2.24. The van der Waals surface area contributed by atoms with Crippen LogP contribution in [0.15, 0.2) is 23.1 Å². The molecule has 3 N–H and O–H groups in total. The van der Waals surface area contributed by atoms with Crippen LogP contribution in [0.3, 0.4) is 0 Å². The summed E-state index contributed by atoms with van der Waals surface area (Å²) < 4.78 is 22.6. The molecule has 1 rings (SSSR count). The van der Waals surface area contributed by atoms with Gasteiger partial charge in [-0.25, -0.2) is 13.6 Å². The summed E-state index contributed by atoms with van der Waals surface area (Å²) in [6, 6.07) is 3.82. The molecule has 0 aromatic heterocycles. The van der Waals surface area contributed by atoms with Crippen LogP contribution in [0.2, 0.25) is 5.02 Å². The number of amides is 1. The molecule has 0 aliphatic rings. The van der Waals surface area contributed by atoms with E-state index >= 15 is 0 Å². The smallest absolute Gasteiger partial charge is 0.253 e. The van der Waals surface area contributed by atoms with E-state index in [1.165, 1.54) is 18.2 Å². The quantitative estimate of drug-likeness (QED) is 0.873. The lowest BCUT2D eigenvalue weighted by molar-refractivity contribution is 0.0901. The molecule has 0 fully saturated rings. The van der Waals surface area contributed by atoms with Gasteiger partial charge in [0.25, 0.3) is 5.91 Å². The maximum Gasteiger partial charge on any atom is 0.253 e. The van der Waals surface area contributed by atoms with Crippen LogP contribution < -0.4 is 10.5 Å². The summed E-state index contributed by atoms with van der Waals surface area (Å²) in [6.45, 7) is 5.85. The Labute approximate surface area is 124 Å². The molecule has 1 amide bonds. The Hall–Kier alpha value is -1.11. The van der Waals surface area contributed by atoms with Crippen molar-refractivity contribution in [3.63, 3.8) is 0 Å². The Kier molecular flexibility index (Phi) is 5.18. The average Bonchev–Trinajstić information content (AvgIpc) is 2.37. The number of hydrogen-bond acceptors (Lipinski definition) is 3. The molecule has 20 heavy (non-hydrogen) atoms. The fraction of sp³-hybridized carbons (Fsp3) is 0.462. The molecule has 112 valence electrons. The first kappa shape index (κ1) is 16.9. The van der Waals surface area contributed by atoms with Crippen LogP contribution in [0.25, 0.3) is 0 Å². The average molecular weight is 319 g/mol. The van der Waals surface area contributed by atoms with Gasteiger partial charge in [0.15, 0.2) is 0 Å². The van der Waals surface area contributed by atoms with E-state index in [4.69, 9.17) is 16.7 Å². The van der Waals surface area contributed by atoms with Crippen LogP contribution in [0, 0.1) is 0 Å². The Balaban J connectivity index is 3.17. The summed E-state index contributed by atoms with van der Waals surface area (Å²) in [4.78, 5) is 12.1. The Morgan fingerprint density at radius 3 is 2.35 bits per heavy atom. The van der Waals surface area contributed by atoms with Gasteiger partial charge in [0.2, 0.25) is 10.0 Å². The molecule has 0 saturated heterocycles. The van der Waals surface area contributed by atoms with Crippen molar-refractivity contribution in [2.75, 3.05) is 0 Å². The molecular formula is C13H19ClN2O3S. The van der Waals surface area contributed by atoms with Gasteiger partial charge in [0.1, 0.15) is 0 Å². The van der Waals surface area contributed by atoms with Gasteiger partial charge in [-0.15, -0.1) is 0 Å². The number of rotatable bonds is 5. The van der Waals surface area contributed by atoms with Crippen molar-refractivity contribution in [1.82, 2.24) is 5.32 Å². The standard InChI is InChI=1S/C13H19ClN2O3S/c1-4-13(3,5-2)16-12(17)10-8-9(20(15,18)19)6-7-11(10)14/h6-8H,4-5H2,1-3H3,(H,16,17)(H2,15,18,19). The molecule has 5 nitrogen and oxygen atoms in total. The van der Waals surface area contributed by atoms with Gasteiger partial charge >= 0.3 is 0 Å². The number of sulfonamides is 1. The lowest BCUT2D eigenvalue weighted by Gasteiger charge is -2.28. The second-order valence-electron chi connectivity index (χ2n) is 4.91. The van der Waals surface area contributed by atoms with Gasteiger partial charge in [0.05, 0.1) is 15.5 Å². The number of carbonyl (C=O) groups is 1. The number of benzene rings is 1. The largest absolute Gasteiger partial charge is 0.347 e. The predicted octanol–water partition coefficient (Wildman–Crippen LogP) is 2.30. The van der Waals surface area contributed by atoms with E-state index in [0.717, 1.165) is 12.8 Å². The van der Waals surface area contributed by atoms with Crippen LogP contribution >= 0.6 is 11.6 Å². The number of halogens is 1. The number of hydrogen-bond donors (Lipinski definition) is 2. The van der Waals surface area contributed by atoms with E-state index in [1.54, 1.807) is 0 Å². The minimum atomic E-state index is -3.87. The number of carbonyl (C=O) groups excluding carboxylic acids is 1. The first-order valence-corrected chi connectivity index (χ1v) is 8.20. The van der Waals surface area contributed by atoms with E-state index in [0.29, 0.717) is 0 Å². The Bertz CT molecular complexity index is 610. The normalized spacial score (nSPS) is 12.2. The second kappa shape index (κ2) is 6.11. The highest BCUT2D eigenvalue weighted by atomic mass is 35.5. The third-order valence-corrected chi connectivity index (χ3v) is 4.73. The fourth-order valence-corrected chi connectivity index (χ4v) is 2.37. The molecule has 0 bridgehead atoms. The topological polar surface area (TPSA) is 89.3 Å². The Morgan fingerprint density at radius 1 is 1.35 bits per heavy atom. The van der Waals surface area contributed by atoms with Gasteiger partial charge in [-0.1, -0.05) is 25.4 Å². The van der Waals surface area contributed by atoms with Gasteiger partial charge in [-0.2, -0.15) is 0 Å². The summed E-state index contributed by atoms with van der Waals surface area (Å²) >= 11 is 5.96. The Morgan fingerprint density at radius 2 is 1.90 bits per heavy atom. The first-order chi connectivity index (χ1) is 9.13. The first-order valence-electron chi connectivity index (χ1n) is 6.28. The molecule has 0 aliphatic carbocycles. The molecule has 0 aliphatic heterocycles. The van der Waals surface area contributed by atoms with Crippen molar-refractivity contribution in [2.24, 2.45) is 5.14 Å². The van der Waals surface area contributed by atoms with Crippen LogP contribution in [-0.2, 0) is 10.0 Å². The zero-order chi connectivity index (χ0) is 15.6. The highest BCUT2D eigenvalue weighted by Crippen LogP contribution is 2.22. The molecule has 0 atom stereocenters. The summed E-state index contributed by atoms with van der Waals surface area (Å²) in [7, 11) is -3.87. The number of nitrogens with two attached hydrogens (primary N) is 1. The maximum atomic E-state index is 12.2. The molecular weight excluding hydrogens is 300 g/mol. The van der Waals surface area contributed by atoms with Crippen molar-refractivity contribution in [2.45, 2.75) is 44.0 Å². The summed E-state index contributed by atoms with van der Waals surface area (Å²) in [5, 5.41) is 8.11. The van der Waals surface area contributed by atoms with Gasteiger partial charge in [0, 0.05) is 5.54 Å². The van der Waals surface area contributed by atoms with Crippen LogP contribution in [0.1, 0.15) is 44.0 Å². The fourth-order valence-electron chi connectivity index (χ4n) is 1.62. The van der Waals surface area contributed by atoms with Crippen molar-refractivity contribution in [3.8, 4) is 0 Å². The minimum Gasteiger partial charge on any atom is -0.347 e. The molecule has 0 unspecified atom stereocenters. The SMILES string of the molecule is CCC(C)(CC)NC(=O)c1cc(S(N)(=O)=O)ccc1Cl. The molecule has 0 spiro atoms. The molecule has 7 heteroatoms. The molecule has 0 heterocycles. The minimum absolute atomic E-state index is 0.103. The van der Waals surface area contributed by atoms with Gasteiger partial charge in [-0.3, -0.25) is 4.79 Å². The zero-order valence-electron chi connectivity index (χ0n) is 11.7. The summed E-state index contributed by atoms with van der Waals surface area (Å²) in [6.07, 6.45) is 1.50. The third kappa shape index (κ3) is 3.94. The van der Waals surface area contributed by atoms with Crippen LogP contribution in [-0.4, -0.2) is 19.9 Å². The van der Waals surface area contributed by atoms with Crippen molar-refractivity contribution in [1.29, 1.82) is 0 Å². The zero-order valence-corrected chi connectivity index (χ0v) is 13.3. The lowest BCUT2D eigenvalue weighted by atomic mass is 9.95. The molecule has 0 saturated carbocycles. The molecule has 1 aromatic carbocycles. The van der Waals surface area contributed by atoms with E-state index in [9.17, 15) is 13.2 Å². The molecule has 0 radical (unpaired) electrons. The highest BCUT2D eigenvalue weighted by molar-refractivity contribution is 7.89. The van der Waals surface area contributed by atoms with Crippen LogP contribution in [0.4, 0.5) is 0 Å². The number of primary sulfonamides is 1. The summed E-state index contributed by atoms with van der Waals surface area (Å²) in [5.74, 6) is -0.410. The van der Waals surface area contributed by atoms with Gasteiger partial charge < -0.3 is 5.32 Å². The number of nitrogens with one attached hydrogen (secondary N) is 1. The van der Waals surface area contributed by atoms with E-state index < -0.39 is 15.9 Å². The van der Waals surface area contributed by atoms with Gasteiger partial charge in [-0.05, 0) is 38.0 Å². The van der Waals surface area contributed by atoms with E-state index in [1.807, 2.05) is 20.8 Å². The maximum absolute atomic E-state index is 12.2. The second-order valence-corrected chi connectivity index (χ2v) is 6.88. The third-order valence-electron chi connectivity index (χ3n) is 3.49. The monoisotopic (exact) mass is 318 g/mol. The predicted molar refractivity (Wildman–Crippen MR) is 79.3 cm³/mol. The van der Waals surface area contributed by atoms with Crippen molar-refractivity contribution < 1.29 is 13.2 Å². The van der Waals surface area contributed by atoms with E-state index in [2.05, 4.69) is 5.32 Å². The summed E-state index contributed by atoms with van der Waals surface area (Å²) in [5.41, 5.74) is -0.260. The van der Waals surface area contributed by atoms with Crippen molar-refractivity contribution in [3.05, 3.63) is 28.8 Å². The molecule has 1 aromatic rings. The van der Waals surface area contributed by atoms with Crippen molar-refractivity contribution >= 4 is 27.5 Å². The lowest BCUT2D eigenvalue weighted by Crippen LogP contribution is -2.45.